The second kappa shape index (κ2) is 6.58. The predicted molar refractivity (Wildman–Crippen MR) is 81.8 cm³/mol. The van der Waals surface area contributed by atoms with Gasteiger partial charge in [0, 0.05) is 0 Å². The molecule has 0 aliphatic rings. The van der Waals surface area contributed by atoms with Crippen molar-refractivity contribution in [3.8, 4) is 23.3 Å². The Morgan fingerprint density at radius 1 is 1.10 bits per heavy atom. The Morgan fingerprint density at radius 3 is 2.43 bits per heavy atom. The molecular weight excluding hydrogens is 264 g/mol. The summed E-state index contributed by atoms with van der Waals surface area (Å²) < 4.78 is 5.79. The quantitative estimate of drug-likeness (QED) is 0.614. The van der Waals surface area contributed by atoms with E-state index >= 15 is 0 Å². The third-order valence-electron chi connectivity index (χ3n) is 2.67. The van der Waals surface area contributed by atoms with Gasteiger partial charge in [-0.1, -0.05) is 28.9 Å². The summed E-state index contributed by atoms with van der Waals surface area (Å²) in [6.07, 6.45) is 0. The first kappa shape index (κ1) is 14.6. The highest BCUT2D eigenvalue weighted by atomic mass is 16.6. The minimum absolute atomic E-state index is 0.321. The standard InChI is InChI=1S/C17H16N2O2/c1-12(2)19-21-17-14(11-18)5-4-6-16(17)20-15-9-7-13(3)8-10-15/h4-10H,1-3H3. The fourth-order valence-corrected chi connectivity index (χ4v) is 1.65. The van der Waals surface area contributed by atoms with Crippen LogP contribution in [0.4, 0.5) is 0 Å². The molecule has 0 atom stereocenters. The Hall–Kier alpha value is -2.80. The molecular formula is C17H16N2O2. The van der Waals surface area contributed by atoms with E-state index in [4.69, 9.17) is 9.57 Å². The number of ether oxygens (including phenoxy) is 1. The van der Waals surface area contributed by atoms with Crippen LogP contribution < -0.4 is 9.57 Å². The maximum Gasteiger partial charge on any atom is 0.218 e. The van der Waals surface area contributed by atoms with Crippen LogP contribution in [0.1, 0.15) is 25.0 Å². The van der Waals surface area contributed by atoms with Crippen molar-refractivity contribution in [2.75, 3.05) is 0 Å². The van der Waals surface area contributed by atoms with E-state index in [0.29, 0.717) is 22.8 Å². The molecule has 0 fully saturated rings. The van der Waals surface area contributed by atoms with E-state index < -0.39 is 0 Å². The number of hydrogen-bond donors (Lipinski definition) is 0. The summed E-state index contributed by atoms with van der Waals surface area (Å²) in [4.78, 5) is 5.36. The van der Waals surface area contributed by atoms with Crippen LogP contribution >= 0.6 is 0 Å². The van der Waals surface area contributed by atoms with E-state index in [1.165, 1.54) is 0 Å². The molecule has 0 aromatic heterocycles. The molecule has 0 saturated carbocycles. The van der Waals surface area contributed by atoms with Gasteiger partial charge < -0.3 is 9.57 Å². The number of rotatable bonds is 4. The van der Waals surface area contributed by atoms with Gasteiger partial charge in [0.1, 0.15) is 17.4 Å². The summed E-state index contributed by atoms with van der Waals surface area (Å²) in [6.45, 7) is 5.64. The van der Waals surface area contributed by atoms with Gasteiger partial charge in [0.2, 0.25) is 5.75 Å². The number of oxime groups is 1. The number of benzene rings is 2. The van der Waals surface area contributed by atoms with Crippen LogP contribution in [0, 0.1) is 18.3 Å². The van der Waals surface area contributed by atoms with E-state index in [2.05, 4.69) is 11.2 Å². The van der Waals surface area contributed by atoms with Crippen molar-refractivity contribution in [1.82, 2.24) is 0 Å². The molecule has 0 bridgehead atoms. The molecule has 2 rings (SSSR count). The van der Waals surface area contributed by atoms with Crippen LogP contribution in [0.15, 0.2) is 47.6 Å². The highest BCUT2D eigenvalue weighted by Gasteiger charge is 2.12. The number of aryl methyl sites for hydroxylation is 1. The van der Waals surface area contributed by atoms with Gasteiger partial charge in [0.05, 0.1) is 5.71 Å². The van der Waals surface area contributed by atoms with Crippen LogP contribution in [0.25, 0.3) is 0 Å². The van der Waals surface area contributed by atoms with Gasteiger partial charge in [-0.15, -0.1) is 0 Å². The minimum atomic E-state index is 0.321. The van der Waals surface area contributed by atoms with Crippen molar-refractivity contribution in [2.24, 2.45) is 5.16 Å². The number of nitrogens with zero attached hydrogens (tertiary/aromatic N) is 2. The zero-order chi connectivity index (χ0) is 15.2. The molecule has 0 unspecified atom stereocenters. The normalized spacial score (nSPS) is 9.62. The number of para-hydroxylation sites is 1. The Balaban J connectivity index is 2.36. The summed E-state index contributed by atoms with van der Waals surface area (Å²) in [5, 5.41) is 13.1. The lowest BCUT2D eigenvalue weighted by Gasteiger charge is -2.10. The highest BCUT2D eigenvalue weighted by molar-refractivity contribution is 5.78. The Bertz CT molecular complexity index is 694. The van der Waals surface area contributed by atoms with Crippen molar-refractivity contribution in [1.29, 1.82) is 5.26 Å². The monoisotopic (exact) mass is 280 g/mol. The van der Waals surface area contributed by atoms with Gasteiger partial charge in [-0.2, -0.15) is 5.26 Å². The Morgan fingerprint density at radius 2 is 1.81 bits per heavy atom. The molecule has 0 heterocycles. The van der Waals surface area contributed by atoms with Gasteiger partial charge in [-0.3, -0.25) is 0 Å². The van der Waals surface area contributed by atoms with Gasteiger partial charge in [-0.25, -0.2) is 0 Å². The molecule has 0 aliphatic heterocycles. The lowest BCUT2D eigenvalue weighted by Crippen LogP contribution is -1.95. The topological polar surface area (TPSA) is 54.6 Å². The zero-order valence-electron chi connectivity index (χ0n) is 12.3. The lowest BCUT2D eigenvalue weighted by atomic mass is 10.2. The first-order chi connectivity index (χ1) is 10.1. The third-order valence-corrected chi connectivity index (χ3v) is 2.67. The maximum absolute atomic E-state index is 9.18. The van der Waals surface area contributed by atoms with Gasteiger partial charge in [0.25, 0.3) is 0 Å². The first-order valence-electron chi connectivity index (χ1n) is 6.56. The predicted octanol–water partition coefficient (Wildman–Crippen LogP) is 4.43. The Kier molecular flexibility index (Phi) is 4.57. The summed E-state index contributed by atoms with van der Waals surface area (Å²) >= 11 is 0. The van der Waals surface area contributed by atoms with Crippen molar-refractivity contribution < 1.29 is 9.57 Å². The van der Waals surface area contributed by atoms with Crippen LogP contribution in [0.3, 0.4) is 0 Å². The molecule has 21 heavy (non-hydrogen) atoms. The van der Waals surface area contributed by atoms with E-state index in [0.717, 1.165) is 11.3 Å². The summed E-state index contributed by atoms with van der Waals surface area (Å²) in [5.41, 5.74) is 2.28. The first-order valence-corrected chi connectivity index (χ1v) is 6.56. The van der Waals surface area contributed by atoms with Crippen LogP contribution in [0.5, 0.6) is 17.2 Å². The molecule has 4 nitrogen and oxygen atoms in total. The fourth-order valence-electron chi connectivity index (χ4n) is 1.65. The van der Waals surface area contributed by atoms with Crippen molar-refractivity contribution in [3.05, 3.63) is 53.6 Å². The Labute approximate surface area is 124 Å². The largest absolute Gasteiger partial charge is 0.453 e. The lowest BCUT2D eigenvalue weighted by molar-refractivity contribution is 0.320. The van der Waals surface area contributed by atoms with Crippen LogP contribution in [-0.4, -0.2) is 5.71 Å². The third kappa shape index (κ3) is 3.83. The summed E-state index contributed by atoms with van der Waals surface area (Å²) in [6, 6.07) is 14.9. The summed E-state index contributed by atoms with van der Waals surface area (Å²) in [5.74, 6) is 1.46. The molecule has 2 aromatic rings. The molecule has 0 amide bonds. The molecule has 0 spiro atoms. The smallest absolute Gasteiger partial charge is 0.218 e. The zero-order valence-corrected chi connectivity index (χ0v) is 12.3. The molecule has 0 saturated heterocycles. The van der Waals surface area contributed by atoms with Crippen molar-refractivity contribution in [3.63, 3.8) is 0 Å². The number of nitriles is 1. The van der Waals surface area contributed by atoms with E-state index in [1.54, 1.807) is 18.2 Å². The van der Waals surface area contributed by atoms with E-state index in [9.17, 15) is 5.26 Å². The van der Waals surface area contributed by atoms with Crippen LogP contribution in [0.2, 0.25) is 0 Å². The van der Waals surface area contributed by atoms with E-state index in [1.807, 2.05) is 45.0 Å². The average molecular weight is 280 g/mol. The number of hydrogen-bond acceptors (Lipinski definition) is 4. The molecule has 0 N–H and O–H groups in total. The average Bonchev–Trinajstić information content (AvgIpc) is 2.47. The fraction of sp³-hybridized carbons (Fsp3) is 0.176. The molecule has 4 heteroatoms. The van der Waals surface area contributed by atoms with Gasteiger partial charge in [0.15, 0.2) is 5.75 Å². The van der Waals surface area contributed by atoms with Gasteiger partial charge in [-0.05, 0) is 45.0 Å². The van der Waals surface area contributed by atoms with Crippen molar-refractivity contribution >= 4 is 5.71 Å². The van der Waals surface area contributed by atoms with Gasteiger partial charge >= 0.3 is 0 Å². The maximum atomic E-state index is 9.18. The van der Waals surface area contributed by atoms with E-state index in [-0.39, 0.29) is 0 Å². The highest BCUT2D eigenvalue weighted by Crippen LogP contribution is 2.34. The molecule has 2 aromatic carbocycles. The second-order valence-corrected chi connectivity index (χ2v) is 4.79. The molecule has 106 valence electrons. The second-order valence-electron chi connectivity index (χ2n) is 4.79. The molecule has 0 aliphatic carbocycles. The SMILES string of the molecule is CC(C)=NOc1c(C#N)cccc1Oc1ccc(C)cc1. The van der Waals surface area contributed by atoms with Crippen molar-refractivity contribution in [2.45, 2.75) is 20.8 Å². The van der Waals surface area contributed by atoms with Crippen LogP contribution in [-0.2, 0) is 0 Å². The molecule has 0 radical (unpaired) electrons. The minimum Gasteiger partial charge on any atom is -0.453 e. The summed E-state index contributed by atoms with van der Waals surface area (Å²) in [7, 11) is 0.